The summed E-state index contributed by atoms with van der Waals surface area (Å²) in [6.07, 6.45) is -2.69. The molecule has 0 aliphatic rings. The molecule has 0 bridgehead atoms. The number of nitrogens with zero attached hydrogens (tertiary/aromatic N) is 4. The average molecular weight is 336 g/mol. The first kappa shape index (κ1) is 16.1. The highest BCUT2D eigenvalue weighted by molar-refractivity contribution is 5.55. The zero-order chi connectivity index (χ0) is 17.3. The number of halogens is 3. The van der Waals surface area contributed by atoms with Crippen molar-refractivity contribution in [3.05, 3.63) is 59.5 Å². The van der Waals surface area contributed by atoms with Crippen LogP contribution in [0.25, 0.3) is 11.4 Å². The van der Waals surface area contributed by atoms with Gasteiger partial charge in [-0.1, -0.05) is 29.4 Å². The van der Waals surface area contributed by atoms with E-state index in [0.717, 1.165) is 5.69 Å². The zero-order valence-electron chi connectivity index (χ0n) is 12.3. The van der Waals surface area contributed by atoms with Gasteiger partial charge in [0.15, 0.2) is 0 Å². The highest BCUT2D eigenvalue weighted by atomic mass is 19.4. The van der Waals surface area contributed by atoms with Gasteiger partial charge in [-0.3, -0.25) is 9.97 Å². The third kappa shape index (κ3) is 3.25. The van der Waals surface area contributed by atoms with Crippen LogP contribution in [0.2, 0.25) is 0 Å². The quantitative estimate of drug-likeness (QED) is 0.791. The summed E-state index contributed by atoms with van der Waals surface area (Å²) < 4.78 is 41.6. The minimum Gasteiger partial charge on any atom is -0.382 e. The molecule has 24 heavy (non-hydrogen) atoms. The lowest BCUT2D eigenvalue weighted by Crippen LogP contribution is -2.05. The van der Waals surface area contributed by atoms with Crippen LogP contribution in [-0.2, 0) is 6.18 Å². The molecule has 0 saturated heterocycles. The third-order valence-corrected chi connectivity index (χ3v) is 3.23. The normalized spacial score (nSPS) is 13.0. The summed E-state index contributed by atoms with van der Waals surface area (Å²) in [5, 5.41) is 13.6. The summed E-state index contributed by atoms with van der Waals surface area (Å²) in [5.41, 5.74) is 1.93. The molecule has 0 radical (unpaired) electrons. The van der Waals surface area contributed by atoms with Crippen molar-refractivity contribution < 1.29 is 22.8 Å². The van der Waals surface area contributed by atoms with E-state index >= 15 is 0 Å². The van der Waals surface area contributed by atoms with Crippen molar-refractivity contribution in [2.24, 2.45) is 0 Å². The van der Waals surface area contributed by atoms with Crippen LogP contribution < -0.4 is 0 Å². The number of hydrogen-bond acceptors (Lipinski definition) is 6. The first-order valence-corrected chi connectivity index (χ1v) is 6.82. The van der Waals surface area contributed by atoms with E-state index in [-0.39, 0.29) is 5.82 Å². The third-order valence-electron chi connectivity index (χ3n) is 3.23. The lowest BCUT2D eigenvalue weighted by molar-refractivity contribution is -0.159. The molecule has 6 nitrogen and oxygen atoms in total. The lowest BCUT2D eigenvalue weighted by Gasteiger charge is -2.10. The number of hydrogen-bond donors (Lipinski definition) is 1. The van der Waals surface area contributed by atoms with E-state index in [0.29, 0.717) is 16.8 Å². The SMILES string of the molecule is Cc1cnc([C@H](O)c2ccc(-c3noc(C(F)(F)F)n3)cc2)cn1. The molecule has 0 fully saturated rings. The molecule has 1 atom stereocenters. The molecule has 0 unspecified atom stereocenters. The second-order valence-electron chi connectivity index (χ2n) is 5.03. The van der Waals surface area contributed by atoms with Gasteiger partial charge in [0.1, 0.15) is 6.10 Å². The van der Waals surface area contributed by atoms with Crippen molar-refractivity contribution in [2.75, 3.05) is 0 Å². The molecule has 1 N–H and O–H groups in total. The van der Waals surface area contributed by atoms with Crippen LogP contribution in [0.4, 0.5) is 13.2 Å². The summed E-state index contributed by atoms with van der Waals surface area (Å²) >= 11 is 0. The van der Waals surface area contributed by atoms with Crippen LogP contribution in [0.1, 0.15) is 28.9 Å². The maximum atomic E-state index is 12.5. The Morgan fingerprint density at radius 3 is 2.33 bits per heavy atom. The molecule has 2 heterocycles. The Hall–Kier alpha value is -2.81. The maximum Gasteiger partial charge on any atom is 0.471 e. The van der Waals surface area contributed by atoms with E-state index in [4.69, 9.17) is 0 Å². The Bertz CT molecular complexity index is 829. The highest BCUT2D eigenvalue weighted by Crippen LogP contribution is 2.30. The van der Waals surface area contributed by atoms with E-state index in [2.05, 4.69) is 24.6 Å². The summed E-state index contributed by atoms with van der Waals surface area (Å²) in [6.45, 7) is 1.78. The lowest BCUT2D eigenvalue weighted by atomic mass is 10.0. The maximum absolute atomic E-state index is 12.5. The Balaban J connectivity index is 1.82. The molecule has 0 aliphatic heterocycles. The van der Waals surface area contributed by atoms with Gasteiger partial charge in [-0.15, -0.1) is 0 Å². The Kier molecular flexibility index (Phi) is 4.02. The monoisotopic (exact) mass is 336 g/mol. The molecule has 0 spiro atoms. The van der Waals surface area contributed by atoms with E-state index in [9.17, 15) is 18.3 Å². The average Bonchev–Trinajstić information content (AvgIpc) is 3.05. The van der Waals surface area contributed by atoms with Gasteiger partial charge in [0.2, 0.25) is 5.82 Å². The zero-order valence-corrected chi connectivity index (χ0v) is 12.3. The van der Waals surface area contributed by atoms with Gasteiger partial charge in [0, 0.05) is 11.8 Å². The fourth-order valence-corrected chi connectivity index (χ4v) is 1.98. The summed E-state index contributed by atoms with van der Waals surface area (Å²) in [5.74, 6) is -1.59. The first-order valence-electron chi connectivity index (χ1n) is 6.82. The van der Waals surface area contributed by atoms with Crippen LogP contribution in [-0.4, -0.2) is 25.2 Å². The van der Waals surface area contributed by atoms with E-state index in [1.807, 2.05) is 0 Å². The Morgan fingerprint density at radius 2 is 1.79 bits per heavy atom. The number of aromatic nitrogens is 4. The van der Waals surface area contributed by atoms with Crippen molar-refractivity contribution in [3.8, 4) is 11.4 Å². The predicted octanol–water partition coefficient (Wildman–Crippen LogP) is 2.94. The number of aryl methyl sites for hydroxylation is 1. The minimum absolute atomic E-state index is 0.182. The molecule has 1 aromatic carbocycles. The Morgan fingerprint density at radius 1 is 1.08 bits per heavy atom. The van der Waals surface area contributed by atoms with Gasteiger partial charge in [0.05, 0.1) is 17.6 Å². The second kappa shape index (κ2) is 6.00. The van der Waals surface area contributed by atoms with Gasteiger partial charge in [0.25, 0.3) is 0 Å². The topological polar surface area (TPSA) is 84.9 Å². The summed E-state index contributed by atoms with van der Waals surface area (Å²) in [6, 6.07) is 6.08. The van der Waals surface area contributed by atoms with Crippen molar-refractivity contribution in [1.82, 2.24) is 20.1 Å². The molecule has 9 heteroatoms. The second-order valence-corrected chi connectivity index (χ2v) is 5.03. The number of benzene rings is 1. The molecule has 0 amide bonds. The van der Waals surface area contributed by atoms with Gasteiger partial charge >= 0.3 is 12.1 Å². The molecule has 0 saturated carbocycles. The molecule has 0 aliphatic carbocycles. The fourth-order valence-electron chi connectivity index (χ4n) is 1.98. The van der Waals surface area contributed by atoms with Crippen LogP contribution >= 0.6 is 0 Å². The van der Waals surface area contributed by atoms with Crippen LogP contribution in [0, 0.1) is 6.92 Å². The minimum atomic E-state index is -4.69. The molecule has 124 valence electrons. The van der Waals surface area contributed by atoms with E-state index < -0.39 is 18.2 Å². The molecule has 2 aromatic heterocycles. The molecular formula is C15H11F3N4O2. The first-order chi connectivity index (χ1) is 11.3. The van der Waals surface area contributed by atoms with Gasteiger partial charge in [-0.2, -0.15) is 18.2 Å². The van der Waals surface area contributed by atoms with E-state index in [1.165, 1.54) is 24.5 Å². The molecule has 3 aromatic rings. The van der Waals surface area contributed by atoms with E-state index in [1.54, 1.807) is 19.1 Å². The van der Waals surface area contributed by atoms with Crippen LogP contribution in [0.15, 0.2) is 41.2 Å². The fraction of sp³-hybridized carbons (Fsp3) is 0.200. The van der Waals surface area contributed by atoms with Crippen molar-refractivity contribution in [2.45, 2.75) is 19.2 Å². The summed E-state index contributed by atoms with van der Waals surface area (Å²) in [4.78, 5) is 11.5. The van der Waals surface area contributed by atoms with Crippen molar-refractivity contribution >= 4 is 0 Å². The standard InChI is InChI=1S/C15H11F3N4O2/c1-8-6-20-11(7-19-8)12(23)9-2-4-10(5-3-9)13-21-14(24-22-13)15(16,17)18/h2-7,12,23H,1H3/t12-/m1/s1. The largest absolute Gasteiger partial charge is 0.471 e. The van der Waals surface area contributed by atoms with Crippen molar-refractivity contribution in [1.29, 1.82) is 0 Å². The van der Waals surface area contributed by atoms with Crippen LogP contribution in [0.3, 0.4) is 0 Å². The van der Waals surface area contributed by atoms with Gasteiger partial charge in [-0.05, 0) is 12.5 Å². The molecule has 3 rings (SSSR count). The number of aliphatic hydroxyl groups excluding tert-OH is 1. The smallest absolute Gasteiger partial charge is 0.382 e. The van der Waals surface area contributed by atoms with Gasteiger partial charge < -0.3 is 9.63 Å². The van der Waals surface area contributed by atoms with Crippen molar-refractivity contribution in [3.63, 3.8) is 0 Å². The number of aliphatic hydroxyl groups is 1. The number of rotatable bonds is 3. The molecular weight excluding hydrogens is 325 g/mol. The predicted molar refractivity (Wildman–Crippen MR) is 75.6 cm³/mol. The van der Waals surface area contributed by atoms with Crippen LogP contribution in [0.5, 0.6) is 0 Å². The Labute approximate surface area is 134 Å². The van der Waals surface area contributed by atoms with Gasteiger partial charge in [-0.25, -0.2) is 0 Å². The number of alkyl halides is 3. The summed E-state index contributed by atoms with van der Waals surface area (Å²) in [7, 11) is 0. The highest BCUT2D eigenvalue weighted by Gasteiger charge is 2.38.